The van der Waals surface area contributed by atoms with Crippen LogP contribution in [0.15, 0.2) is 42.5 Å². The van der Waals surface area contributed by atoms with Gasteiger partial charge in [0.1, 0.15) is 15.5 Å². The van der Waals surface area contributed by atoms with Crippen LogP contribution in [-0.4, -0.2) is 32.1 Å². The zero-order valence-electron chi connectivity index (χ0n) is 18.3. The Kier molecular flexibility index (Phi) is 6.34. The second-order valence-electron chi connectivity index (χ2n) is 7.17. The number of nitrogens with zero attached hydrogens (tertiary/aromatic N) is 1. The monoisotopic (exact) mass is 488 g/mol. The van der Waals surface area contributed by atoms with Gasteiger partial charge in [-0.3, -0.25) is 4.79 Å². The zero-order chi connectivity index (χ0) is 24.6. The summed E-state index contributed by atoms with van der Waals surface area (Å²) in [4.78, 5) is 18.0. The first-order valence-corrected chi connectivity index (χ1v) is 10.7. The molecule has 0 unspecified atom stereocenters. The number of methoxy groups -OCH3 is 3. The molecule has 0 fully saturated rings. The largest absolute Gasteiger partial charge is 0.493 e. The number of aromatic nitrogens is 1. The SMILES string of the molecule is COc1cc(C(=O)c2sc3nc(-c4ccc(F)cc4)cc(C(F)F)c3c2N)cc(OC)c1OC. The highest BCUT2D eigenvalue weighted by Crippen LogP contribution is 2.43. The predicted octanol–water partition coefficient (Wildman–Crippen LogP) is 5.88. The second-order valence-corrected chi connectivity index (χ2v) is 8.17. The van der Waals surface area contributed by atoms with Crippen molar-refractivity contribution >= 4 is 33.0 Å². The molecule has 0 radical (unpaired) electrons. The Morgan fingerprint density at radius 3 is 2.15 bits per heavy atom. The number of pyridine rings is 1. The molecule has 0 bridgehead atoms. The third-order valence-electron chi connectivity index (χ3n) is 5.24. The summed E-state index contributed by atoms with van der Waals surface area (Å²) in [5.41, 5.74) is 6.59. The smallest absolute Gasteiger partial charge is 0.264 e. The van der Waals surface area contributed by atoms with E-state index in [0.29, 0.717) is 11.3 Å². The van der Waals surface area contributed by atoms with Crippen molar-refractivity contribution in [3.05, 3.63) is 64.3 Å². The molecule has 0 amide bonds. The molecule has 0 spiro atoms. The molecule has 176 valence electrons. The molecule has 2 aromatic heterocycles. The molecule has 4 rings (SSSR count). The normalized spacial score (nSPS) is 11.1. The van der Waals surface area contributed by atoms with Gasteiger partial charge in [0.2, 0.25) is 11.5 Å². The van der Waals surface area contributed by atoms with Crippen molar-refractivity contribution in [1.82, 2.24) is 4.98 Å². The molecular formula is C24H19F3N2O4S. The number of carbonyl (C=O) groups is 1. The molecule has 2 N–H and O–H groups in total. The van der Waals surface area contributed by atoms with E-state index in [9.17, 15) is 18.0 Å². The van der Waals surface area contributed by atoms with E-state index in [1.807, 2.05) is 0 Å². The van der Waals surface area contributed by atoms with Crippen LogP contribution in [0, 0.1) is 5.82 Å². The van der Waals surface area contributed by atoms with Crippen molar-refractivity contribution in [3.63, 3.8) is 0 Å². The van der Waals surface area contributed by atoms with Gasteiger partial charge in [-0.2, -0.15) is 0 Å². The van der Waals surface area contributed by atoms with Gasteiger partial charge in [-0.05, 0) is 42.5 Å². The number of benzene rings is 2. The van der Waals surface area contributed by atoms with Crippen LogP contribution >= 0.6 is 11.3 Å². The molecule has 0 atom stereocenters. The van der Waals surface area contributed by atoms with Crippen LogP contribution in [0.1, 0.15) is 27.2 Å². The van der Waals surface area contributed by atoms with Crippen LogP contribution in [0.25, 0.3) is 21.5 Å². The molecule has 0 saturated carbocycles. The van der Waals surface area contributed by atoms with Crippen molar-refractivity contribution < 1.29 is 32.2 Å². The summed E-state index contributed by atoms with van der Waals surface area (Å²) in [5.74, 6) is -0.151. The van der Waals surface area contributed by atoms with E-state index in [1.54, 1.807) is 0 Å². The van der Waals surface area contributed by atoms with Crippen LogP contribution in [-0.2, 0) is 0 Å². The minimum absolute atomic E-state index is 0.0154. The fourth-order valence-electron chi connectivity index (χ4n) is 3.60. The van der Waals surface area contributed by atoms with Gasteiger partial charge in [-0.25, -0.2) is 18.2 Å². The van der Waals surface area contributed by atoms with Crippen molar-refractivity contribution in [2.24, 2.45) is 0 Å². The summed E-state index contributed by atoms with van der Waals surface area (Å²) in [6.45, 7) is 0. The standard InChI is InChI=1S/C24H19F3N2O4S/c1-31-16-8-12(9-17(32-2)21(16)33-3)20(30)22-19(28)18-14(23(26)27)10-15(29-24(18)34-22)11-4-6-13(25)7-5-11/h4-10,23H,28H2,1-3H3. The summed E-state index contributed by atoms with van der Waals surface area (Å²) in [7, 11) is 4.26. The maximum absolute atomic E-state index is 14.0. The molecule has 2 heterocycles. The first-order chi connectivity index (χ1) is 16.3. The number of hydrogen-bond donors (Lipinski definition) is 1. The third-order valence-corrected chi connectivity index (χ3v) is 6.34. The topological polar surface area (TPSA) is 83.7 Å². The minimum atomic E-state index is -2.87. The van der Waals surface area contributed by atoms with E-state index in [1.165, 1.54) is 63.8 Å². The number of nitrogen functional groups attached to an aromatic ring is 1. The molecule has 4 aromatic rings. The van der Waals surface area contributed by atoms with E-state index in [-0.39, 0.29) is 49.1 Å². The first kappa shape index (κ1) is 23.4. The molecule has 10 heteroatoms. The number of ether oxygens (including phenoxy) is 3. The second kappa shape index (κ2) is 9.22. The lowest BCUT2D eigenvalue weighted by atomic mass is 10.0. The van der Waals surface area contributed by atoms with E-state index < -0.39 is 18.0 Å². The Balaban J connectivity index is 1.89. The highest BCUT2D eigenvalue weighted by Gasteiger charge is 2.26. The lowest BCUT2D eigenvalue weighted by Crippen LogP contribution is -2.05. The Bertz CT molecular complexity index is 1360. The molecule has 0 aliphatic carbocycles. The highest BCUT2D eigenvalue weighted by molar-refractivity contribution is 7.21. The van der Waals surface area contributed by atoms with Crippen molar-refractivity contribution in [3.8, 4) is 28.5 Å². The van der Waals surface area contributed by atoms with Crippen LogP contribution in [0.5, 0.6) is 17.2 Å². The van der Waals surface area contributed by atoms with Gasteiger partial charge in [0, 0.05) is 22.1 Å². The van der Waals surface area contributed by atoms with Gasteiger partial charge in [0.25, 0.3) is 6.43 Å². The van der Waals surface area contributed by atoms with Gasteiger partial charge in [-0.15, -0.1) is 11.3 Å². The highest BCUT2D eigenvalue weighted by atomic mass is 32.1. The van der Waals surface area contributed by atoms with Crippen LogP contribution < -0.4 is 19.9 Å². The summed E-state index contributed by atoms with van der Waals surface area (Å²) in [6, 6.07) is 9.43. The molecule has 34 heavy (non-hydrogen) atoms. The molecule has 0 saturated heterocycles. The predicted molar refractivity (Wildman–Crippen MR) is 124 cm³/mol. The number of rotatable bonds is 7. The number of carbonyl (C=O) groups excluding carboxylic acids is 1. The fourth-order valence-corrected chi connectivity index (χ4v) is 4.69. The Hall–Kier alpha value is -3.79. The van der Waals surface area contributed by atoms with Crippen LogP contribution in [0.2, 0.25) is 0 Å². The van der Waals surface area contributed by atoms with Gasteiger partial charge in [-0.1, -0.05) is 0 Å². The third kappa shape index (κ3) is 4.01. The van der Waals surface area contributed by atoms with E-state index >= 15 is 0 Å². The number of alkyl halides is 2. The lowest BCUT2D eigenvalue weighted by molar-refractivity contribution is 0.104. The van der Waals surface area contributed by atoms with E-state index in [4.69, 9.17) is 19.9 Å². The van der Waals surface area contributed by atoms with E-state index in [0.717, 1.165) is 11.3 Å². The number of fused-ring (bicyclic) bond motifs is 1. The van der Waals surface area contributed by atoms with Gasteiger partial charge in [0.15, 0.2) is 11.5 Å². The number of anilines is 1. The number of hydrogen-bond acceptors (Lipinski definition) is 7. The Labute approximate surface area is 196 Å². The van der Waals surface area contributed by atoms with Gasteiger partial charge >= 0.3 is 0 Å². The van der Waals surface area contributed by atoms with Crippen molar-refractivity contribution in [1.29, 1.82) is 0 Å². The number of halogens is 3. The zero-order valence-corrected chi connectivity index (χ0v) is 19.1. The first-order valence-electron chi connectivity index (χ1n) is 9.90. The average molecular weight is 488 g/mol. The van der Waals surface area contributed by atoms with Crippen LogP contribution in [0.4, 0.5) is 18.9 Å². The van der Waals surface area contributed by atoms with E-state index in [2.05, 4.69) is 4.98 Å². The molecular weight excluding hydrogens is 469 g/mol. The Morgan fingerprint density at radius 1 is 1.00 bits per heavy atom. The van der Waals surface area contributed by atoms with Crippen molar-refractivity contribution in [2.45, 2.75) is 6.43 Å². The lowest BCUT2D eigenvalue weighted by Gasteiger charge is -2.13. The van der Waals surface area contributed by atoms with Crippen LogP contribution in [0.3, 0.4) is 0 Å². The maximum atomic E-state index is 14.0. The molecule has 0 aliphatic rings. The fraction of sp³-hybridized carbons (Fsp3) is 0.167. The summed E-state index contributed by atoms with van der Waals surface area (Å²) >= 11 is 0.901. The number of ketones is 1. The summed E-state index contributed by atoms with van der Waals surface area (Å²) in [6.07, 6.45) is -2.87. The molecule has 2 aromatic carbocycles. The molecule has 6 nitrogen and oxygen atoms in total. The summed E-state index contributed by atoms with van der Waals surface area (Å²) in [5, 5.41) is 0.0154. The summed E-state index contributed by atoms with van der Waals surface area (Å²) < 4.78 is 57.1. The number of nitrogens with two attached hydrogens (primary N) is 1. The molecule has 0 aliphatic heterocycles. The van der Waals surface area contributed by atoms with Gasteiger partial charge < -0.3 is 19.9 Å². The van der Waals surface area contributed by atoms with Crippen molar-refractivity contribution in [2.75, 3.05) is 27.1 Å². The maximum Gasteiger partial charge on any atom is 0.264 e. The van der Waals surface area contributed by atoms with Gasteiger partial charge in [0.05, 0.1) is 32.7 Å². The Morgan fingerprint density at radius 2 is 1.62 bits per heavy atom. The average Bonchev–Trinajstić information content (AvgIpc) is 3.18. The number of thiophene rings is 1. The minimum Gasteiger partial charge on any atom is -0.493 e. The quantitative estimate of drug-likeness (QED) is 0.327.